The largest absolute Gasteiger partial charge is 0.316 e. The minimum atomic E-state index is 0.857. The van der Waals surface area contributed by atoms with Crippen molar-refractivity contribution in [1.82, 2.24) is 16.0 Å². The molecule has 3 heteroatoms. The van der Waals surface area contributed by atoms with E-state index in [2.05, 4.69) is 22.9 Å². The molecule has 1 aliphatic heterocycles. The van der Waals surface area contributed by atoms with Gasteiger partial charge in [0.15, 0.2) is 0 Å². The molecule has 0 radical (unpaired) electrons. The van der Waals surface area contributed by atoms with Gasteiger partial charge in [0.1, 0.15) is 0 Å². The second-order valence-electron chi connectivity index (χ2n) is 3.77. The first-order valence-corrected chi connectivity index (χ1v) is 5.55. The number of piperidine rings is 1. The van der Waals surface area contributed by atoms with Gasteiger partial charge in [-0.2, -0.15) is 0 Å². The summed E-state index contributed by atoms with van der Waals surface area (Å²) in [4.78, 5) is 0. The summed E-state index contributed by atoms with van der Waals surface area (Å²) in [6, 6.07) is 0. The average molecular weight is 185 g/mol. The third-order valence-electron chi connectivity index (χ3n) is 2.56. The van der Waals surface area contributed by atoms with Crippen molar-refractivity contribution in [1.29, 1.82) is 0 Å². The van der Waals surface area contributed by atoms with Crippen LogP contribution in [0.2, 0.25) is 0 Å². The van der Waals surface area contributed by atoms with E-state index in [0.29, 0.717) is 0 Å². The van der Waals surface area contributed by atoms with Gasteiger partial charge in [-0.05, 0) is 44.9 Å². The van der Waals surface area contributed by atoms with Gasteiger partial charge >= 0.3 is 0 Å². The summed E-state index contributed by atoms with van der Waals surface area (Å²) in [6.07, 6.45) is 2.74. The van der Waals surface area contributed by atoms with E-state index in [9.17, 15) is 0 Å². The molecular weight excluding hydrogens is 162 g/mol. The van der Waals surface area contributed by atoms with Crippen LogP contribution in [0.5, 0.6) is 0 Å². The Balaban J connectivity index is 1.86. The molecule has 1 heterocycles. The molecule has 1 atom stereocenters. The van der Waals surface area contributed by atoms with Crippen LogP contribution in [0.4, 0.5) is 0 Å². The molecule has 0 aromatic heterocycles. The lowest BCUT2D eigenvalue weighted by Crippen LogP contribution is -2.37. The van der Waals surface area contributed by atoms with Crippen LogP contribution in [0.1, 0.15) is 19.8 Å². The highest BCUT2D eigenvalue weighted by Crippen LogP contribution is 2.07. The molecule has 0 spiro atoms. The summed E-state index contributed by atoms with van der Waals surface area (Å²) >= 11 is 0. The molecule has 0 bridgehead atoms. The van der Waals surface area contributed by atoms with Crippen LogP contribution in [0.15, 0.2) is 0 Å². The topological polar surface area (TPSA) is 36.1 Å². The number of hydrogen-bond donors (Lipinski definition) is 3. The average Bonchev–Trinajstić information content (AvgIpc) is 2.19. The Bertz CT molecular complexity index is 111. The maximum atomic E-state index is 3.49. The van der Waals surface area contributed by atoms with Gasteiger partial charge in [-0.3, -0.25) is 0 Å². The summed E-state index contributed by atoms with van der Waals surface area (Å²) in [6.45, 7) is 9.01. The monoisotopic (exact) mass is 185 g/mol. The zero-order valence-corrected chi connectivity index (χ0v) is 8.73. The fraction of sp³-hybridized carbons (Fsp3) is 1.00. The lowest BCUT2D eigenvalue weighted by atomic mass is 10.00. The lowest BCUT2D eigenvalue weighted by Gasteiger charge is -2.22. The first kappa shape index (κ1) is 11.0. The highest BCUT2D eigenvalue weighted by Gasteiger charge is 2.11. The molecule has 0 aliphatic carbocycles. The Labute approximate surface area is 81.7 Å². The van der Waals surface area contributed by atoms with E-state index in [-0.39, 0.29) is 0 Å². The highest BCUT2D eigenvalue weighted by molar-refractivity contribution is 4.70. The molecular formula is C10H23N3. The minimum Gasteiger partial charge on any atom is -0.316 e. The molecule has 1 rings (SSSR count). The van der Waals surface area contributed by atoms with Crippen molar-refractivity contribution in [2.75, 3.05) is 39.3 Å². The van der Waals surface area contributed by atoms with Crippen molar-refractivity contribution < 1.29 is 0 Å². The van der Waals surface area contributed by atoms with Gasteiger partial charge in [-0.1, -0.05) is 6.92 Å². The second-order valence-corrected chi connectivity index (χ2v) is 3.77. The maximum Gasteiger partial charge on any atom is 0.00768 e. The zero-order chi connectivity index (χ0) is 9.36. The van der Waals surface area contributed by atoms with E-state index in [1.54, 1.807) is 0 Å². The van der Waals surface area contributed by atoms with E-state index in [4.69, 9.17) is 0 Å². The zero-order valence-electron chi connectivity index (χ0n) is 8.73. The maximum absolute atomic E-state index is 3.49. The van der Waals surface area contributed by atoms with Crippen LogP contribution >= 0.6 is 0 Å². The molecule has 3 nitrogen and oxygen atoms in total. The van der Waals surface area contributed by atoms with Gasteiger partial charge in [0.25, 0.3) is 0 Å². The first-order valence-electron chi connectivity index (χ1n) is 5.55. The van der Waals surface area contributed by atoms with Crippen LogP contribution in [0, 0.1) is 5.92 Å². The Kier molecular flexibility index (Phi) is 6.15. The molecule has 1 unspecified atom stereocenters. The standard InChI is InChI=1S/C10H23N3/c1-2-11-6-7-13-9-10-4-3-5-12-8-10/h10-13H,2-9H2,1H3. The SMILES string of the molecule is CCNCCNCC1CCCNC1. The smallest absolute Gasteiger partial charge is 0.00768 e. The molecule has 0 saturated carbocycles. The van der Waals surface area contributed by atoms with E-state index < -0.39 is 0 Å². The molecule has 3 N–H and O–H groups in total. The Morgan fingerprint density at radius 3 is 2.85 bits per heavy atom. The van der Waals surface area contributed by atoms with E-state index in [1.807, 2.05) is 0 Å². The van der Waals surface area contributed by atoms with Crippen molar-refractivity contribution in [2.45, 2.75) is 19.8 Å². The van der Waals surface area contributed by atoms with Crippen molar-refractivity contribution in [3.05, 3.63) is 0 Å². The van der Waals surface area contributed by atoms with Crippen LogP contribution in [0.3, 0.4) is 0 Å². The normalized spacial score (nSPS) is 23.3. The number of likely N-dealkylation sites (N-methyl/N-ethyl adjacent to an activating group) is 1. The van der Waals surface area contributed by atoms with Crippen molar-refractivity contribution >= 4 is 0 Å². The first-order chi connectivity index (χ1) is 6.43. The van der Waals surface area contributed by atoms with Crippen molar-refractivity contribution in [2.24, 2.45) is 5.92 Å². The Morgan fingerprint density at radius 2 is 2.15 bits per heavy atom. The lowest BCUT2D eigenvalue weighted by molar-refractivity contribution is 0.360. The highest BCUT2D eigenvalue weighted by atomic mass is 15.0. The number of hydrogen-bond acceptors (Lipinski definition) is 3. The summed E-state index contributed by atoms with van der Waals surface area (Å²) in [5.41, 5.74) is 0. The molecule has 1 fully saturated rings. The van der Waals surface area contributed by atoms with Crippen molar-refractivity contribution in [3.8, 4) is 0 Å². The predicted molar refractivity (Wildman–Crippen MR) is 57.0 cm³/mol. The Hall–Kier alpha value is -0.120. The molecule has 78 valence electrons. The van der Waals surface area contributed by atoms with Crippen LogP contribution < -0.4 is 16.0 Å². The quantitative estimate of drug-likeness (QED) is 0.517. The third-order valence-corrected chi connectivity index (χ3v) is 2.56. The molecule has 0 aromatic carbocycles. The van der Waals surface area contributed by atoms with Gasteiger partial charge in [-0.25, -0.2) is 0 Å². The van der Waals surface area contributed by atoms with E-state index >= 15 is 0 Å². The van der Waals surface area contributed by atoms with Crippen LogP contribution in [0.25, 0.3) is 0 Å². The number of nitrogens with one attached hydrogen (secondary N) is 3. The van der Waals surface area contributed by atoms with Gasteiger partial charge in [0, 0.05) is 13.1 Å². The predicted octanol–water partition coefficient (Wildman–Crippen LogP) is 0.185. The van der Waals surface area contributed by atoms with Crippen LogP contribution in [-0.4, -0.2) is 39.3 Å². The second kappa shape index (κ2) is 7.30. The molecule has 1 saturated heterocycles. The van der Waals surface area contributed by atoms with E-state index in [1.165, 1.54) is 32.5 Å². The van der Waals surface area contributed by atoms with Gasteiger partial charge < -0.3 is 16.0 Å². The van der Waals surface area contributed by atoms with Gasteiger partial charge in [0.2, 0.25) is 0 Å². The number of rotatable bonds is 6. The fourth-order valence-corrected chi connectivity index (χ4v) is 1.76. The molecule has 0 amide bonds. The van der Waals surface area contributed by atoms with Crippen molar-refractivity contribution in [3.63, 3.8) is 0 Å². The summed E-state index contributed by atoms with van der Waals surface area (Å²) in [7, 11) is 0. The van der Waals surface area contributed by atoms with Crippen LogP contribution in [-0.2, 0) is 0 Å². The van der Waals surface area contributed by atoms with E-state index in [0.717, 1.165) is 25.6 Å². The Morgan fingerprint density at radius 1 is 1.31 bits per heavy atom. The molecule has 0 aromatic rings. The molecule has 13 heavy (non-hydrogen) atoms. The summed E-state index contributed by atoms with van der Waals surface area (Å²) in [5.74, 6) is 0.857. The summed E-state index contributed by atoms with van der Waals surface area (Å²) in [5, 5.41) is 10.2. The third kappa shape index (κ3) is 5.24. The summed E-state index contributed by atoms with van der Waals surface area (Å²) < 4.78 is 0. The fourth-order valence-electron chi connectivity index (χ4n) is 1.76. The minimum absolute atomic E-state index is 0.857. The van der Waals surface area contributed by atoms with Gasteiger partial charge in [0.05, 0.1) is 0 Å². The van der Waals surface area contributed by atoms with Gasteiger partial charge in [-0.15, -0.1) is 0 Å². The molecule has 1 aliphatic rings.